The van der Waals surface area contributed by atoms with Gasteiger partial charge in [-0.25, -0.2) is 4.98 Å². The third-order valence-electron chi connectivity index (χ3n) is 3.49. The van der Waals surface area contributed by atoms with Crippen LogP contribution in [0.15, 0.2) is 28.5 Å². The van der Waals surface area contributed by atoms with Crippen molar-refractivity contribution >= 4 is 21.6 Å². The predicted octanol–water partition coefficient (Wildman–Crippen LogP) is 4.56. The van der Waals surface area contributed by atoms with E-state index in [0.717, 1.165) is 28.7 Å². The molecule has 1 aromatic rings. The van der Waals surface area contributed by atoms with Crippen molar-refractivity contribution in [2.24, 2.45) is 11.8 Å². The van der Waals surface area contributed by atoms with Crippen molar-refractivity contribution < 1.29 is 0 Å². The Balaban J connectivity index is 1.92. The number of nitrogens with zero attached hydrogens (tertiary/aromatic N) is 1. The summed E-state index contributed by atoms with van der Waals surface area (Å²) in [6, 6.07) is 2.14. The summed E-state index contributed by atoms with van der Waals surface area (Å²) in [4.78, 5) is 4.32. The van der Waals surface area contributed by atoms with Crippen molar-refractivity contribution in [3.63, 3.8) is 0 Å². The lowest BCUT2D eigenvalue weighted by Gasteiger charge is -2.26. The summed E-state index contributed by atoms with van der Waals surface area (Å²) in [6.45, 7) is 7.66. The molecule has 0 fully saturated rings. The van der Waals surface area contributed by atoms with E-state index >= 15 is 0 Å². The minimum absolute atomic E-state index is 0.718. The summed E-state index contributed by atoms with van der Waals surface area (Å²) in [7, 11) is 0. The van der Waals surface area contributed by atoms with Gasteiger partial charge in [-0.2, -0.15) is 0 Å². The van der Waals surface area contributed by atoms with Crippen LogP contribution >= 0.6 is 15.9 Å². The molecule has 0 radical (unpaired) electrons. The van der Waals surface area contributed by atoms with Crippen LogP contribution < -0.4 is 5.32 Å². The first-order chi connectivity index (χ1) is 8.54. The smallest absolute Gasteiger partial charge is 0.109 e. The second kappa shape index (κ2) is 5.87. The van der Waals surface area contributed by atoms with Crippen LogP contribution in [0.2, 0.25) is 0 Å². The van der Waals surface area contributed by atoms with Gasteiger partial charge in [0.1, 0.15) is 4.60 Å². The minimum Gasteiger partial charge on any atom is -0.384 e. The fourth-order valence-corrected chi connectivity index (χ4v) is 2.98. The van der Waals surface area contributed by atoms with E-state index in [2.05, 4.69) is 59.1 Å². The maximum Gasteiger partial charge on any atom is 0.109 e. The quantitative estimate of drug-likeness (QED) is 0.654. The van der Waals surface area contributed by atoms with Crippen LogP contribution in [0.3, 0.4) is 0 Å². The van der Waals surface area contributed by atoms with E-state index in [0.29, 0.717) is 0 Å². The van der Waals surface area contributed by atoms with E-state index in [4.69, 9.17) is 0 Å². The third-order valence-corrected chi connectivity index (χ3v) is 4.32. The Morgan fingerprint density at radius 3 is 2.89 bits per heavy atom. The van der Waals surface area contributed by atoms with Gasteiger partial charge in [-0.05, 0) is 66.1 Å². The Morgan fingerprint density at radius 1 is 1.44 bits per heavy atom. The van der Waals surface area contributed by atoms with E-state index in [-0.39, 0.29) is 0 Å². The highest BCUT2D eigenvalue weighted by Crippen LogP contribution is 2.28. The molecule has 0 spiro atoms. The Hall–Kier alpha value is -0.830. The highest BCUT2D eigenvalue weighted by atomic mass is 79.9. The lowest BCUT2D eigenvalue weighted by molar-refractivity contribution is 0.421. The molecule has 1 N–H and O–H groups in total. The van der Waals surface area contributed by atoms with Gasteiger partial charge in [-0.1, -0.05) is 18.6 Å². The number of allylic oxidation sites excluding steroid dienone is 2. The largest absolute Gasteiger partial charge is 0.384 e. The summed E-state index contributed by atoms with van der Waals surface area (Å²) >= 11 is 3.43. The van der Waals surface area contributed by atoms with Gasteiger partial charge >= 0.3 is 0 Å². The molecule has 2 nitrogen and oxygen atoms in total. The average molecular weight is 309 g/mol. The highest BCUT2D eigenvalue weighted by Gasteiger charge is 2.17. The molecule has 1 aromatic heterocycles. The highest BCUT2D eigenvalue weighted by molar-refractivity contribution is 9.10. The zero-order valence-electron chi connectivity index (χ0n) is 11.3. The Kier molecular flexibility index (Phi) is 4.44. The molecule has 0 aliphatic heterocycles. The summed E-state index contributed by atoms with van der Waals surface area (Å²) in [5.74, 6) is 1.46. The number of pyridine rings is 1. The number of halogens is 1. The van der Waals surface area contributed by atoms with E-state index in [1.165, 1.54) is 24.0 Å². The number of hydrogen-bond donors (Lipinski definition) is 1. The predicted molar refractivity (Wildman–Crippen MR) is 80.8 cm³/mol. The lowest BCUT2D eigenvalue weighted by Crippen LogP contribution is -2.20. The zero-order chi connectivity index (χ0) is 13.1. The van der Waals surface area contributed by atoms with Gasteiger partial charge < -0.3 is 5.32 Å². The number of rotatable bonds is 3. The molecule has 1 aliphatic rings. The van der Waals surface area contributed by atoms with E-state index in [1.54, 1.807) is 0 Å². The number of aromatic nitrogens is 1. The fourth-order valence-electron chi connectivity index (χ4n) is 2.76. The molecule has 2 atom stereocenters. The van der Waals surface area contributed by atoms with Crippen LogP contribution in [0.5, 0.6) is 0 Å². The monoisotopic (exact) mass is 308 g/mol. The van der Waals surface area contributed by atoms with Crippen molar-refractivity contribution in [1.29, 1.82) is 0 Å². The zero-order valence-corrected chi connectivity index (χ0v) is 12.9. The summed E-state index contributed by atoms with van der Waals surface area (Å²) in [6.07, 6.45) is 6.81. The second-order valence-electron chi connectivity index (χ2n) is 5.51. The first-order valence-corrected chi connectivity index (χ1v) is 7.37. The molecule has 2 rings (SSSR count). The summed E-state index contributed by atoms with van der Waals surface area (Å²) in [5, 5.41) is 3.51. The summed E-state index contributed by atoms with van der Waals surface area (Å²) in [5.41, 5.74) is 3.83. The Morgan fingerprint density at radius 2 is 2.22 bits per heavy atom. The topological polar surface area (TPSA) is 24.9 Å². The van der Waals surface area contributed by atoms with Crippen LogP contribution in [0.4, 0.5) is 5.69 Å². The molecule has 2 unspecified atom stereocenters. The van der Waals surface area contributed by atoms with Gasteiger partial charge in [-0.3, -0.25) is 0 Å². The standard InChI is InChI=1S/C15H21BrN2/c1-10-4-11(2)6-13(5-10)8-17-14-7-12(3)15(16)18-9-14/h4,7,9-10,13,17H,5-6,8H2,1-3H3. The number of hydrogen-bond acceptors (Lipinski definition) is 2. The van der Waals surface area contributed by atoms with Gasteiger partial charge in [-0.15, -0.1) is 0 Å². The van der Waals surface area contributed by atoms with Crippen molar-refractivity contribution in [3.05, 3.63) is 34.1 Å². The number of nitrogens with one attached hydrogen (secondary N) is 1. The second-order valence-corrected chi connectivity index (χ2v) is 6.26. The van der Waals surface area contributed by atoms with Crippen molar-refractivity contribution in [2.75, 3.05) is 11.9 Å². The SMILES string of the molecule is CC1=CC(C)CC(CNc2cnc(Br)c(C)c2)C1. The molecule has 0 aromatic carbocycles. The van der Waals surface area contributed by atoms with Crippen LogP contribution in [-0.2, 0) is 0 Å². The molecule has 0 bridgehead atoms. The van der Waals surface area contributed by atoms with Gasteiger partial charge in [0.05, 0.1) is 11.9 Å². The molecule has 0 saturated carbocycles. The number of aryl methyl sites for hydroxylation is 1. The molecule has 98 valence electrons. The number of anilines is 1. The van der Waals surface area contributed by atoms with E-state index < -0.39 is 0 Å². The van der Waals surface area contributed by atoms with Gasteiger partial charge in [0.2, 0.25) is 0 Å². The molecule has 0 saturated heterocycles. The molecule has 0 amide bonds. The first-order valence-electron chi connectivity index (χ1n) is 6.58. The Bertz CT molecular complexity index is 454. The molecule has 1 heterocycles. The van der Waals surface area contributed by atoms with Crippen molar-refractivity contribution in [1.82, 2.24) is 4.98 Å². The van der Waals surface area contributed by atoms with Crippen LogP contribution in [-0.4, -0.2) is 11.5 Å². The molecule has 18 heavy (non-hydrogen) atoms. The van der Waals surface area contributed by atoms with Crippen molar-refractivity contribution in [2.45, 2.75) is 33.6 Å². The van der Waals surface area contributed by atoms with E-state index in [9.17, 15) is 0 Å². The van der Waals surface area contributed by atoms with Gasteiger partial charge in [0, 0.05) is 6.54 Å². The molecule has 1 aliphatic carbocycles. The maximum atomic E-state index is 4.32. The van der Waals surface area contributed by atoms with Crippen LogP contribution in [0, 0.1) is 18.8 Å². The van der Waals surface area contributed by atoms with Crippen LogP contribution in [0.1, 0.15) is 32.3 Å². The van der Waals surface area contributed by atoms with Gasteiger partial charge in [0.25, 0.3) is 0 Å². The third kappa shape index (κ3) is 3.58. The minimum atomic E-state index is 0.718. The van der Waals surface area contributed by atoms with Crippen LogP contribution in [0.25, 0.3) is 0 Å². The molecule has 3 heteroatoms. The normalized spacial score (nSPS) is 23.7. The van der Waals surface area contributed by atoms with Crippen molar-refractivity contribution in [3.8, 4) is 0 Å². The molecular formula is C15H21BrN2. The van der Waals surface area contributed by atoms with E-state index in [1.807, 2.05) is 6.20 Å². The Labute approximate surface area is 118 Å². The average Bonchev–Trinajstić information content (AvgIpc) is 2.29. The summed E-state index contributed by atoms with van der Waals surface area (Å²) < 4.78 is 0.929. The lowest BCUT2D eigenvalue weighted by atomic mass is 9.84. The maximum absolute atomic E-state index is 4.32. The van der Waals surface area contributed by atoms with Gasteiger partial charge in [0.15, 0.2) is 0 Å². The first kappa shape index (κ1) is 13.6. The fraction of sp³-hybridized carbons (Fsp3) is 0.533. The molecular weight excluding hydrogens is 288 g/mol.